The maximum atomic E-state index is 13.7. The molecule has 1 aliphatic rings. The Morgan fingerprint density at radius 3 is 2.71 bits per heavy atom. The van der Waals surface area contributed by atoms with Crippen molar-refractivity contribution in [2.45, 2.75) is 31.2 Å². The van der Waals surface area contributed by atoms with E-state index < -0.39 is 24.2 Å². The molecule has 1 aliphatic heterocycles. The zero-order chi connectivity index (χ0) is 19.7. The molecule has 2 N–H and O–H groups in total. The molecule has 5 nitrogen and oxygen atoms in total. The van der Waals surface area contributed by atoms with E-state index in [2.05, 4.69) is 15.7 Å². The highest BCUT2D eigenvalue weighted by Gasteiger charge is 2.46. The molecular formula is C19H17F3N4OS. The number of carbonyl (C=O) groups excluding carboxylic acids is 1. The van der Waals surface area contributed by atoms with Gasteiger partial charge in [0, 0.05) is 17.4 Å². The number of nitrogens with one attached hydrogen (secondary N) is 2. The minimum absolute atomic E-state index is 0.0398. The van der Waals surface area contributed by atoms with E-state index >= 15 is 0 Å². The van der Waals surface area contributed by atoms with Crippen LogP contribution in [0.2, 0.25) is 0 Å². The van der Waals surface area contributed by atoms with E-state index in [-0.39, 0.29) is 17.9 Å². The summed E-state index contributed by atoms with van der Waals surface area (Å²) in [5.74, 6) is -0.321. The van der Waals surface area contributed by atoms with Gasteiger partial charge in [0.15, 0.2) is 11.7 Å². The number of rotatable bonds is 4. The van der Waals surface area contributed by atoms with Gasteiger partial charge in [0.1, 0.15) is 5.82 Å². The van der Waals surface area contributed by atoms with Crippen LogP contribution < -0.4 is 10.6 Å². The van der Waals surface area contributed by atoms with Crippen LogP contribution in [0, 0.1) is 0 Å². The first kappa shape index (κ1) is 18.5. The van der Waals surface area contributed by atoms with E-state index in [1.165, 1.54) is 17.4 Å². The van der Waals surface area contributed by atoms with Crippen molar-refractivity contribution < 1.29 is 18.0 Å². The molecule has 0 radical (unpaired) electrons. The predicted octanol–water partition coefficient (Wildman–Crippen LogP) is 4.53. The fourth-order valence-electron chi connectivity index (χ4n) is 3.26. The van der Waals surface area contributed by atoms with Gasteiger partial charge in [-0.3, -0.25) is 4.79 Å². The number of hydrogen-bond donors (Lipinski definition) is 2. The molecule has 28 heavy (non-hydrogen) atoms. The van der Waals surface area contributed by atoms with E-state index in [0.717, 1.165) is 15.1 Å². The SMILES string of the molecule is O=C(NCc1cccs1)c1cc2n(n1)[C@H](C(F)(F)F)C[C@H](c1ccccc1)N2. The first-order chi connectivity index (χ1) is 13.4. The lowest BCUT2D eigenvalue weighted by Crippen LogP contribution is -2.35. The molecule has 0 bridgehead atoms. The quantitative estimate of drug-likeness (QED) is 0.669. The van der Waals surface area contributed by atoms with Gasteiger partial charge in [0.25, 0.3) is 5.91 Å². The van der Waals surface area contributed by atoms with Crippen molar-refractivity contribution in [3.63, 3.8) is 0 Å². The minimum Gasteiger partial charge on any atom is -0.363 e. The van der Waals surface area contributed by atoms with Gasteiger partial charge in [0.05, 0.1) is 12.6 Å². The number of halogens is 3. The summed E-state index contributed by atoms with van der Waals surface area (Å²) in [4.78, 5) is 13.3. The van der Waals surface area contributed by atoms with E-state index in [4.69, 9.17) is 0 Å². The smallest absolute Gasteiger partial charge is 0.363 e. The topological polar surface area (TPSA) is 59.0 Å². The van der Waals surface area contributed by atoms with Crippen LogP contribution in [-0.4, -0.2) is 21.9 Å². The van der Waals surface area contributed by atoms with Crippen molar-refractivity contribution in [3.05, 3.63) is 70.0 Å². The van der Waals surface area contributed by atoms with Gasteiger partial charge in [-0.1, -0.05) is 36.4 Å². The van der Waals surface area contributed by atoms with Gasteiger partial charge in [-0.15, -0.1) is 11.3 Å². The summed E-state index contributed by atoms with van der Waals surface area (Å²) in [5, 5.41) is 11.6. The number of nitrogens with zero attached hydrogens (tertiary/aromatic N) is 2. The van der Waals surface area contributed by atoms with E-state index in [1.807, 2.05) is 23.6 Å². The maximum Gasteiger partial charge on any atom is 0.410 e. The molecular weight excluding hydrogens is 389 g/mol. The van der Waals surface area contributed by atoms with Gasteiger partial charge in [-0.2, -0.15) is 18.3 Å². The molecule has 0 saturated carbocycles. The number of hydrogen-bond acceptors (Lipinski definition) is 4. The number of aromatic nitrogens is 2. The van der Waals surface area contributed by atoms with Crippen LogP contribution in [0.25, 0.3) is 0 Å². The lowest BCUT2D eigenvalue weighted by Gasteiger charge is -2.33. The van der Waals surface area contributed by atoms with Crippen LogP contribution >= 0.6 is 11.3 Å². The molecule has 0 saturated heterocycles. The molecule has 0 unspecified atom stereocenters. The first-order valence-corrected chi connectivity index (χ1v) is 9.58. The first-order valence-electron chi connectivity index (χ1n) is 8.70. The lowest BCUT2D eigenvalue weighted by atomic mass is 9.97. The normalized spacial score (nSPS) is 19.0. The lowest BCUT2D eigenvalue weighted by molar-refractivity contribution is -0.173. The largest absolute Gasteiger partial charge is 0.410 e. The Labute approximate surface area is 163 Å². The molecule has 3 heterocycles. The van der Waals surface area contributed by atoms with Gasteiger partial charge in [0.2, 0.25) is 0 Å². The summed E-state index contributed by atoms with van der Waals surface area (Å²) in [5.41, 5.74) is 0.718. The van der Waals surface area contributed by atoms with Crippen molar-refractivity contribution in [1.29, 1.82) is 0 Å². The van der Waals surface area contributed by atoms with Crippen LogP contribution in [0.15, 0.2) is 53.9 Å². The van der Waals surface area contributed by atoms with Crippen LogP contribution in [0.1, 0.15) is 39.4 Å². The van der Waals surface area contributed by atoms with Gasteiger partial charge >= 0.3 is 6.18 Å². The average Bonchev–Trinajstić information content (AvgIpc) is 3.34. The molecule has 1 aromatic carbocycles. The second-order valence-corrected chi connectivity index (χ2v) is 7.55. The Morgan fingerprint density at radius 1 is 1.25 bits per heavy atom. The molecule has 9 heteroatoms. The van der Waals surface area contributed by atoms with E-state index in [9.17, 15) is 18.0 Å². The van der Waals surface area contributed by atoms with Gasteiger partial charge < -0.3 is 10.6 Å². The highest BCUT2D eigenvalue weighted by Crippen LogP contribution is 2.43. The molecule has 2 atom stereocenters. The average molecular weight is 406 g/mol. The van der Waals surface area contributed by atoms with Gasteiger partial charge in [-0.05, 0) is 17.0 Å². The summed E-state index contributed by atoms with van der Waals surface area (Å²) in [6, 6.07) is 11.7. The van der Waals surface area contributed by atoms with Crippen LogP contribution in [0.3, 0.4) is 0 Å². The highest BCUT2D eigenvalue weighted by atomic mass is 32.1. The number of carbonyl (C=O) groups is 1. The van der Waals surface area contributed by atoms with Crippen molar-refractivity contribution in [2.75, 3.05) is 5.32 Å². The summed E-state index contributed by atoms with van der Waals surface area (Å²) >= 11 is 1.49. The number of amides is 1. The standard InChI is InChI=1S/C19H17F3N4OS/c20-19(21,22)16-9-14(12-5-2-1-3-6-12)24-17-10-15(25-26(16)17)18(27)23-11-13-7-4-8-28-13/h1-8,10,14,16,24H,9,11H2,(H,23,27)/t14-,16+/m1/s1. The van der Waals surface area contributed by atoms with Crippen molar-refractivity contribution in [1.82, 2.24) is 15.1 Å². The van der Waals surface area contributed by atoms with Crippen LogP contribution in [0.4, 0.5) is 19.0 Å². The predicted molar refractivity (Wildman–Crippen MR) is 100 cm³/mol. The summed E-state index contributed by atoms with van der Waals surface area (Å²) in [6.07, 6.45) is -4.67. The monoisotopic (exact) mass is 406 g/mol. The Morgan fingerprint density at radius 2 is 2.04 bits per heavy atom. The van der Waals surface area contributed by atoms with Crippen molar-refractivity contribution in [3.8, 4) is 0 Å². The van der Waals surface area contributed by atoms with Crippen molar-refractivity contribution in [2.24, 2.45) is 0 Å². The molecule has 146 valence electrons. The van der Waals surface area contributed by atoms with E-state index in [0.29, 0.717) is 6.54 Å². The zero-order valence-corrected chi connectivity index (χ0v) is 15.4. The number of thiophene rings is 1. The third-order valence-electron chi connectivity index (χ3n) is 4.63. The number of alkyl halides is 3. The Bertz CT molecular complexity index is 953. The number of fused-ring (bicyclic) bond motifs is 1. The fraction of sp³-hybridized carbons (Fsp3) is 0.263. The molecule has 0 spiro atoms. The maximum absolute atomic E-state index is 13.7. The minimum atomic E-state index is -4.47. The molecule has 3 aromatic rings. The Hall–Kier alpha value is -2.81. The molecule has 2 aromatic heterocycles. The summed E-state index contributed by atoms with van der Waals surface area (Å²) < 4.78 is 41.9. The third-order valence-corrected chi connectivity index (χ3v) is 5.50. The summed E-state index contributed by atoms with van der Waals surface area (Å²) in [7, 11) is 0. The molecule has 0 fully saturated rings. The van der Waals surface area contributed by atoms with Crippen LogP contribution in [0.5, 0.6) is 0 Å². The molecule has 0 aliphatic carbocycles. The molecule has 1 amide bonds. The third kappa shape index (κ3) is 3.75. The number of anilines is 1. The highest BCUT2D eigenvalue weighted by molar-refractivity contribution is 7.09. The van der Waals surface area contributed by atoms with Gasteiger partial charge in [-0.25, -0.2) is 4.68 Å². The zero-order valence-electron chi connectivity index (χ0n) is 14.6. The fourth-order valence-corrected chi connectivity index (χ4v) is 3.90. The van der Waals surface area contributed by atoms with Crippen molar-refractivity contribution >= 4 is 23.1 Å². The second kappa shape index (κ2) is 7.31. The molecule has 4 rings (SSSR count). The Kier molecular flexibility index (Phi) is 4.84. The summed E-state index contributed by atoms with van der Waals surface area (Å²) in [6.45, 7) is 0.307. The Balaban J connectivity index is 1.59. The number of benzene rings is 1. The second-order valence-electron chi connectivity index (χ2n) is 6.52. The van der Waals surface area contributed by atoms with E-state index in [1.54, 1.807) is 24.3 Å². The van der Waals surface area contributed by atoms with Crippen LogP contribution in [-0.2, 0) is 6.54 Å².